The predicted molar refractivity (Wildman–Crippen MR) is 328 cm³/mol. The number of aliphatic hydroxyl groups is 2. The van der Waals surface area contributed by atoms with Crippen molar-refractivity contribution >= 4 is 54.7 Å². The van der Waals surface area contributed by atoms with Crippen LogP contribution >= 0.6 is 23.5 Å². The topological polar surface area (TPSA) is 93.1 Å². The first-order valence-electron chi connectivity index (χ1n) is 32.8. The van der Waals surface area contributed by atoms with E-state index in [1.165, 1.54) is 283 Å². The first kappa shape index (κ1) is 73.4. The molecule has 73 heavy (non-hydrogen) atoms. The quantitative estimate of drug-likeness (QED) is 0.0460. The summed E-state index contributed by atoms with van der Waals surface area (Å²) in [7, 11) is 0. The Labute approximate surface area is 470 Å². The summed E-state index contributed by atoms with van der Waals surface area (Å²) >= 11 is -0.598. The number of rotatable bonds is 64. The Hall–Kier alpha value is 0.359. The summed E-state index contributed by atoms with van der Waals surface area (Å²) in [5.41, 5.74) is 0. The number of thioether (sulfide) groups is 2. The molecule has 0 aliphatic rings. The number of unbranched alkanes of at least 4 members (excludes halogenated alkanes) is 48. The summed E-state index contributed by atoms with van der Waals surface area (Å²) < 4.78 is 14.9. The Morgan fingerprint density at radius 3 is 0.699 bits per heavy atom. The van der Waals surface area contributed by atoms with E-state index in [2.05, 4.69) is 13.8 Å². The van der Waals surface area contributed by atoms with Crippen molar-refractivity contribution in [1.82, 2.24) is 0 Å². The van der Waals surface area contributed by atoms with Gasteiger partial charge >= 0.3 is 334 Å². The molecule has 2 N–H and O–H groups in total. The zero-order valence-corrected chi connectivity index (χ0v) is 53.8. The summed E-state index contributed by atoms with van der Waals surface area (Å²) in [4.78, 5) is 27.5. The Bertz CT molecular complexity index is 1000. The van der Waals surface area contributed by atoms with Gasteiger partial charge in [-0.05, 0) is 12.8 Å². The van der Waals surface area contributed by atoms with Gasteiger partial charge in [-0.15, -0.1) is 0 Å². The summed E-state index contributed by atoms with van der Waals surface area (Å²) in [6, 6.07) is 0. The molecule has 0 radical (unpaired) electrons. The van der Waals surface area contributed by atoms with E-state index in [1.807, 2.05) is 0 Å². The van der Waals surface area contributed by atoms with Crippen LogP contribution in [0.5, 0.6) is 0 Å². The van der Waals surface area contributed by atoms with E-state index in [0.29, 0.717) is 24.7 Å². The van der Waals surface area contributed by atoms with Gasteiger partial charge < -0.3 is 10.2 Å². The van der Waals surface area contributed by atoms with Crippen LogP contribution in [-0.4, -0.2) is 77.6 Å². The normalized spacial score (nSPS) is 11.8. The number of carbonyl (C=O) groups is 2. The van der Waals surface area contributed by atoms with E-state index in [4.69, 9.17) is 16.4 Å². The summed E-state index contributed by atoms with van der Waals surface area (Å²) in [5, 5.41) is 17.8. The SMILES string of the molecule is CCCCCCCCCCC[CH2][Sn]([CH2]CCCCCCCCCCC)([O]C(=O)CSCCCCCCCCCCCCCCCCCCO)[O]C(=O)CSCCCCCCCCCCCCCCCCCCO. The second kappa shape index (κ2) is 63.2. The average Bonchev–Trinajstić information content (AvgIpc) is 3.38. The smallest absolute Gasteiger partial charge is 0.396 e. The molecule has 0 aliphatic heterocycles. The molecule has 0 fully saturated rings. The van der Waals surface area contributed by atoms with Crippen LogP contribution in [0.25, 0.3) is 0 Å². The molecule has 0 aromatic carbocycles. The monoisotopic (exact) mass is 1180 g/mol. The molecule has 0 bridgehead atoms. The van der Waals surface area contributed by atoms with Gasteiger partial charge in [-0.25, -0.2) is 0 Å². The Morgan fingerprint density at radius 2 is 0.479 bits per heavy atom. The van der Waals surface area contributed by atoms with Crippen molar-refractivity contribution in [2.45, 2.75) is 357 Å². The van der Waals surface area contributed by atoms with Crippen molar-refractivity contribution in [3.8, 4) is 0 Å². The van der Waals surface area contributed by atoms with Crippen LogP contribution in [-0.2, 0) is 15.7 Å². The average molecular weight is 1180 g/mol. The summed E-state index contributed by atoms with van der Waals surface area (Å²) in [6.07, 6.45) is 67.0. The second-order valence-electron chi connectivity index (χ2n) is 22.6. The zero-order chi connectivity index (χ0) is 52.9. The van der Waals surface area contributed by atoms with Gasteiger partial charge in [0.15, 0.2) is 0 Å². The van der Waals surface area contributed by atoms with E-state index in [9.17, 15) is 9.59 Å². The standard InChI is InChI=1S/2C20H40O3S.2C12H25.Sn/c2*21-17-15-13-11-9-7-5-3-1-2-4-6-8-10-12-14-16-18-24-19-20(22)23;2*1-3-5-7-9-11-12-10-8-6-4-2;/h2*21H,1-19H2,(H,22,23);2*1,3-12H2,2H3;/q;;;;+2/p-2. The fourth-order valence-corrected chi connectivity index (χ4v) is 21.9. The van der Waals surface area contributed by atoms with Crippen molar-refractivity contribution in [1.29, 1.82) is 0 Å². The zero-order valence-electron chi connectivity index (χ0n) is 49.3. The molecule has 0 atom stereocenters. The van der Waals surface area contributed by atoms with Gasteiger partial charge in [-0.1, -0.05) is 103 Å². The molecule has 436 valence electrons. The maximum atomic E-state index is 13.7. The summed E-state index contributed by atoms with van der Waals surface area (Å²) in [5.74, 6) is 2.55. The molecule has 0 heterocycles. The van der Waals surface area contributed by atoms with Gasteiger partial charge in [-0.2, -0.15) is 0 Å². The van der Waals surface area contributed by atoms with Crippen LogP contribution in [0.15, 0.2) is 0 Å². The van der Waals surface area contributed by atoms with Crippen LogP contribution < -0.4 is 0 Å². The van der Waals surface area contributed by atoms with E-state index in [0.717, 1.165) is 71.7 Å². The Balaban J connectivity index is 4.92. The number of aliphatic hydroxyl groups excluding tert-OH is 2. The first-order valence-corrected chi connectivity index (χ1v) is 41.5. The number of carbonyl (C=O) groups excluding carboxylic acids is 2. The van der Waals surface area contributed by atoms with E-state index in [1.54, 1.807) is 23.5 Å². The van der Waals surface area contributed by atoms with Gasteiger partial charge in [-0.3, -0.25) is 0 Å². The van der Waals surface area contributed by atoms with Crippen molar-refractivity contribution in [2.24, 2.45) is 0 Å². The minimum atomic E-state index is -4.06. The van der Waals surface area contributed by atoms with Crippen molar-refractivity contribution < 1.29 is 26.0 Å². The van der Waals surface area contributed by atoms with E-state index >= 15 is 0 Å². The van der Waals surface area contributed by atoms with Crippen molar-refractivity contribution in [3.63, 3.8) is 0 Å². The van der Waals surface area contributed by atoms with Gasteiger partial charge in [0.25, 0.3) is 0 Å². The molecule has 0 saturated carbocycles. The third-order valence-electron chi connectivity index (χ3n) is 15.3. The van der Waals surface area contributed by atoms with Gasteiger partial charge in [0.05, 0.1) is 0 Å². The van der Waals surface area contributed by atoms with Crippen LogP contribution in [0.2, 0.25) is 8.87 Å². The molecule has 0 aromatic rings. The predicted octanol–water partition coefficient (Wildman–Crippen LogP) is 21.3. The number of hydrogen-bond donors (Lipinski definition) is 2. The van der Waals surface area contributed by atoms with Crippen LogP contribution in [0.1, 0.15) is 348 Å². The molecule has 0 aliphatic carbocycles. The fourth-order valence-electron chi connectivity index (χ4n) is 10.5. The molecule has 9 heteroatoms. The fraction of sp³-hybridized carbons (Fsp3) is 0.969. The second-order valence-corrected chi connectivity index (χ2v) is 34.0. The van der Waals surface area contributed by atoms with Gasteiger partial charge in [0.2, 0.25) is 0 Å². The first-order chi connectivity index (χ1) is 36.0. The molecule has 0 saturated heterocycles. The van der Waals surface area contributed by atoms with E-state index in [-0.39, 0.29) is 11.9 Å². The number of hydrogen-bond acceptors (Lipinski definition) is 8. The molecular formula is C64H128O6S2Sn. The molecular weight excluding hydrogens is 1050 g/mol. The Morgan fingerprint density at radius 1 is 0.288 bits per heavy atom. The van der Waals surface area contributed by atoms with Crippen molar-refractivity contribution in [3.05, 3.63) is 0 Å². The maximum absolute atomic E-state index is 13.7. The van der Waals surface area contributed by atoms with Gasteiger partial charge in [0.1, 0.15) is 0 Å². The van der Waals surface area contributed by atoms with Crippen LogP contribution in [0, 0.1) is 0 Å². The molecule has 0 spiro atoms. The minimum Gasteiger partial charge on any atom is -0.396 e. The third kappa shape index (κ3) is 58.3. The molecule has 0 aromatic heterocycles. The van der Waals surface area contributed by atoms with Gasteiger partial charge in [0, 0.05) is 13.2 Å². The van der Waals surface area contributed by atoms with Crippen molar-refractivity contribution in [2.75, 3.05) is 36.2 Å². The molecule has 6 nitrogen and oxygen atoms in total. The summed E-state index contributed by atoms with van der Waals surface area (Å²) in [6.45, 7) is 5.26. The third-order valence-corrected chi connectivity index (χ3v) is 27.1. The molecule has 0 amide bonds. The van der Waals surface area contributed by atoms with Crippen LogP contribution in [0.3, 0.4) is 0 Å². The molecule has 0 rings (SSSR count). The minimum absolute atomic E-state index is 0.115. The van der Waals surface area contributed by atoms with Crippen LogP contribution in [0.4, 0.5) is 0 Å². The Kier molecular flexibility index (Phi) is 63.5. The van der Waals surface area contributed by atoms with E-state index < -0.39 is 19.2 Å². The molecule has 0 unspecified atom stereocenters.